The molecule has 1 N–H and O–H groups in total. The minimum absolute atomic E-state index is 0.390. The molecule has 1 aliphatic carbocycles. The van der Waals surface area contributed by atoms with Gasteiger partial charge in [0.25, 0.3) is 0 Å². The second-order valence-corrected chi connectivity index (χ2v) is 9.21. The SMILES string of the molecule is C=CCC[C@@H](O)CN(Cc1c(C)nn(-c2ccccc2)c1Oc1ccccc1Cl)CC1CC1. The Morgan fingerprint density at radius 1 is 1.21 bits per heavy atom. The Morgan fingerprint density at radius 2 is 1.94 bits per heavy atom. The van der Waals surface area contributed by atoms with Gasteiger partial charge in [0.2, 0.25) is 5.88 Å². The molecule has 1 saturated carbocycles. The molecule has 1 aliphatic rings. The molecule has 1 aromatic heterocycles. The molecule has 0 aliphatic heterocycles. The number of aryl methyl sites for hydroxylation is 1. The van der Waals surface area contributed by atoms with Crippen molar-refractivity contribution >= 4 is 11.6 Å². The van der Waals surface area contributed by atoms with Crippen LogP contribution in [0.15, 0.2) is 67.3 Å². The van der Waals surface area contributed by atoms with Crippen LogP contribution in [0.25, 0.3) is 5.69 Å². The monoisotopic (exact) mass is 465 g/mol. The van der Waals surface area contributed by atoms with E-state index in [1.165, 1.54) is 12.8 Å². The molecule has 5 nitrogen and oxygen atoms in total. The second kappa shape index (κ2) is 11.0. The molecule has 3 aromatic rings. The van der Waals surface area contributed by atoms with Crippen molar-refractivity contribution in [3.05, 3.63) is 83.5 Å². The highest BCUT2D eigenvalue weighted by Gasteiger charge is 2.28. The van der Waals surface area contributed by atoms with E-state index < -0.39 is 0 Å². The number of allylic oxidation sites excluding steroid dienone is 1. The summed E-state index contributed by atoms with van der Waals surface area (Å²) in [7, 11) is 0. The topological polar surface area (TPSA) is 50.5 Å². The minimum atomic E-state index is -0.390. The van der Waals surface area contributed by atoms with Gasteiger partial charge in [-0.25, -0.2) is 4.68 Å². The van der Waals surface area contributed by atoms with Crippen LogP contribution in [0.4, 0.5) is 0 Å². The summed E-state index contributed by atoms with van der Waals surface area (Å²) in [5, 5.41) is 16.0. The van der Waals surface area contributed by atoms with Crippen molar-refractivity contribution in [2.45, 2.75) is 45.3 Å². The van der Waals surface area contributed by atoms with Crippen LogP contribution in [0, 0.1) is 12.8 Å². The van der Waals surface area contributed by atoms with Crippen molar-refractivity contribution < 1.29 is 9.84 Å². The van der Waals surface area contributed by atoms with Gasteiger partial charge in [0.05, 0.1) is 28.1 Å². The van der Waals surface area contributed by atoms with Gasteiger partial charge in [-0.15, -0.1) is 6.58 Å². The van der Waals surface area contributed by atoms with Gasteiger partial charge >= 0.3 is 0 Å². The zero-order valence-electron chi connectivity index (χ0n) is 19.2. The number of benzene rings is 2. The van der Waals surface area contributed by atoms with Crippen LogP contribution in [-0.4, -0.2) is 39.0 Å². The van der Waals surface area contributed by atoms with E-state index in [-0.39, 0.29) is 6.10 Å². The van der Waals surface area contributed by atoms with Gasteiger partial charge < -0.3 is 9.84 Å². The van der Waals surface area contributed by atoms with E-state index in [1.807, 2.05) is 72.3 Å². The molecule has 1 heterocycles. The van der Waals surface area contributed by atoms with Crippen molar-refractivity contribution in [3.63, 3.8) is 0 Å². The molecule has 0 amide bonds. The molecule has 1 fully saturated rings. The lowest BCUT2D eigenvalue weighted by atomic mass is 10.1. The number of hydrogen-bond donors (Lipinski definition) is 1. The molecule has 2 aromatic carbocycles. The fourth-order valence-corrected chi connectivity index (χ4v) is 4.17. The first-order chi connectivity index (χ1) is 16.0. The summed E-state index contributed by atoms with van der Waals surface area (Å²) in [6, 6.07) is 17.5. The van der Waals surface area contributed by atoms with E-state index >= 15 is 0 Å². The summed E-state index contributed by atoms with van der Waals surface area (Å²) in [6.07, 6.45) is 5.51. The Hall–Kier alpha value is -2.60. The zero-order chi connectivity index (χ0) is 23.2. The predicted octanol–water partition coefficient (Wildman–Crippen LogP) is 6.17. The molecule has 6 heteroatoms. The van der Waals surface area contributed by atoms with E-state index in [4.69, 9.17) is 21.4 Å². The van der Waals surface area contributed by atoms with Crippen LogP contribution in [0.3, 0.4) is 0 Å². The van der Waals surface area contributed by atoms with Crippen molar-refractivity contribution in [2.24, 2.45) is 5.92 Å². The van der Waals surface area contributed by atoms with Gasteiger partial charge in [-0.3, -0.25) is 4.90 Å². The Kier molecular flexibility index (Phi) is 7.86. The lowest BCUT2D eigenvalue weighted by Crippen LogP contribution is -2.34. The van der Waals surface area contributed by atoms with Crippen molar-refractivity contribution in [3.8, 4) is 17.3 Å². The van der Waals surface area contributed by atoms with E-state index in [1.54, 1.807) is 0 Å². The Bertz CT molecular complexity index is 1060. The molecule has 0 radical (unpaired) electrons. The quantitative estimate of drug-likeness (QED) is 0.325. The van der Waals surface area contributed by atoms with Gasteiger partial charge in [-0.2, -0.15) is 5.10 Å². The molecule has 0 spiro atoms. The number of ether oxygens (including phenoxy) is 1. The van der Waals surface area contributed by atoms with Crippen molar-refractivity contribution in [2.75, 3.05) is 13.1 Å². The molecule has 0 saturated heterocycles. The summed E-state index contributed by atoms with van der Waals surface area (Å²) in [5.41, 5.74) is 2.84. The normalized spacial score (nSPS) is 14.4. The number of aliphatic hydroxyl groups excluding tert-OH is 1. The highest BCUT2D eigenvalue weighted by atomic mass is 35.5. The predicted molar refractivity (Wildman–Crippen MR) is 133 cm³/mol. The summed E-state index contributed by atoms with van der Waals surface area (Å²) in [6.45, 7) is 8.02. The van der Waals surface area contributed by atoms with Gasteiger partial charge in [0, 0.05) is 19.6 Å². The summed E-state index contributed by atoms with van der Waals surface area (Å²) in [4.78, 5) is 2.34. The highest BCUT2D eigenvalue weighted by Crippen LogP contribution is 2.36. The van der Waals surface area contributed by atoms with Crippen LogP contribution < -0.4 is 4.74 Å². The lowest BCUT2D eigenvalue weighted by Gasteiger charge is -2.25. The molecule has 0 bridgehead atoms. The van der Waals surface area contributed by atoms with Crippen LogP contribution in [-0.2, 0) is 6.54 Å². The first-order valence-electron chi connectivity index (χ1n) is 11.6. The van der Waals surface area contributed by atoms with Crippen LogP contribution in [0.5, 0.6) is 11.6 Å². The largest absolute Gasteiger partial charge is 0.437 e. The molecule has 4 rings (SSSR count). The summed E-state index contributed by atoms with van der Waals surface area (Å²) in [5.74, 6) is 1.96. The second-order valence-electron chi connectivity index (χ2n) is 8.81. The van der Waals surface area contributed by atoms with E-state index in [2.05, 4.69) is 11.5 Å². The van der Waals surface area contributed by atoms with Crippen LogP contribution in [0.2, 0.25) is 5.02 Å². The number of nitrogens with zero attached hydrogens (tertiary/aromatic N) is 3. The summed E-state index contributed by atoms with van der Waals surface area (Å²) < 4.78 is 8.25. The molecule has 174 valence electrons. The van der Waals surface area contributed by atoms with Gasteiger partial charge in [-0.1, -0.05) is 48.0 Å². The Balaban J connectivity index is 1.67. The van der Waals surface area contributed by atoms with Gasteiger partial charge in [-0.05, 0) is 62.8 Å². The van der Waals surface area contributed by atoms with Crippen LogP contribution in [0.1, 0.15) is 36.9 Å². The van der Waals surface area contributed by atoms with Gasteiger partial charge in [0.15, 0.2) is 0 Å². The highest BCUT2D eigenvalue weighted by molar-refractivity contribution is 6.32. The minimum Gasteiger partial charge on any atom is -0.437 e. The van der Waals surface area contributed by atoms with Crippen molar-refractivity contribution in [1.29, 1.82) is 0 Å². The maximum absolute atomic E-state index is 10.6. The number of para-hydroxylation sites is 2. The maximum Gasteiger partial charge on any atom is 0.227 e. The molecule has 1 atom stereocenters. The van der Waals surface area contributed by atoms with E-state index in [0.29, 0.717) is 35.7 Å². The third kappa shape index (κ3) is 6.26. The zero-order valence-corrected chi connectivity index (χ0v) is 19.9. The Labute approximate surface area is 201 Å². The van der Waals surface area contributed by atoms with Gasteiger partial charge in [0.1, 0.15) is 5.75 Å². The fraction of sp³-hybridized carbons (Fsp3) is 0.370. The number of aromatic nitrogens is 2. The average Bonchev–Trinajstić information content (AvgIpc) is 3.58. The maximum atomic E-state index is 10.6. The smallest absolute Gasteiger partial charge is 0.227 e. The van der Waals surface area contributed by atoms with Crippen molar-refractivity contribution in [1.82, 2.24) is 14.7 Å². The number of rotatable bonds is 12. The van der Waals surface area contributed by atoms with Crippen LogP contribution >= 0.6 is 11.6 Å². The third-order valence-electron chi connectivity index (χ3n) is 5.95. The molecule has 0 unspecified atom stereocenters. The van der Waals surface area contributed by atoms with E-state index in [0.717, 1.165) is 36.3 Å². The summed E-state index contributed by atoms with van der Waals surface area (Å²) >= 11 is 6.43. The number of halogens is 1. The fourth-order valence-electron chi connectivity index (χ4n) is 3.99. The molecular formula is C27H32ClN3O2. The number of aliphatic hydroxyl groups is 1. The molecular weight excluding hydrogens is 434 g/mol. The standard InChI is InChI=1S/C27H32ClN3O2/c1-3-4-12-23(32)18-30(17-21-15-16-21)19-24-20(2)29-31(22-10-6-5-7-11-22)27(24)33-26-14-9-8-13-25(26)28/h3,5-11,13-14,21,23,32H,1,4,12,15-19H2,2H3/t23-/m1/s1. The number of hydrogen-bond acceptors (Lipinski definition) is 4. The first kappa shape index (κ1) is 23.6. The lowest BCUT2D eigenvalue weighted by molar-refractivity contribution is 0.0991. The molecule has 33 heavy (non-hydrogen) atoms. The average molecular weight is 466 g/mol. The third-order valence-corrected chi connectivity index (χ3v) is 6.26. The van der Waals surface area contributed by atoms with E-state index in [9.17, 15) is 5.11 Å². The first-order valence-corrected chi connectivity index (χ1v) is 12.0. The Morgan fingerprint density at radius 3 is 2.64 bits per heavy atom.